The second kappa shape index (κ2) is 6.27. The average Bonchev–Trinajstić information content (AvgIpc) is 2.89. The molecule has 4 heteroatoms. The molecule has 1 saturated carbocycles. The number of nitrogens with one attached hydrogen (secondary N) is 3. The van der Waals surface area contributed by atoms with Gasteiger partial charge in [0.05, 0.1) is 0 Å². The van der Waals surface area contributed by atoms with Gasteiger partial charge >= 0.3 is 0 Å². The third-order valence-corrected chi connectivity index (χ3v) is 4.32. The summed E-state index contributed by atoms with van der Waals surface area (Å²) in [5, 5.41) is 8.81. The Bertz CT molecular complexity index is 584. The molecule has 1 aromatic heterocycles. The van der Waals surface area contributed by atoms with E-state index in [-0.39, 0.29) is 0 Å². The van der Waals surface area contributed by atoms with Gasteiger partial charge in [0, 0.05) is 29.7 Å². The molecule has 3 N–H and O–H groups in total. The van der Waals surface area contributed by atoms with E-state index in [0.717, 1.165) is 11.7 Å². The highest BCUT2D eigenvalue weighted by atomic mass is 32.1. The van der Waals surface area contributed by atoms with Gasteiger partial charge in [-0.05, 0) is 36.7 Å². The number of thiocarbonyl (C=S) groups is 1. The Balaban J connectivity index is 1.54. The van der Waals surface area contributed by atoms with Crippen molar-refractivity contribution < 1.29 is 0 Å². The smallest absolute Gasteiger partial charge is 0.166 e. The van der Waals surface area contributed by atoms with Gasteiger partial charge in [0.25, 0.3) is 0 Å². The van der Waals surface area contributed by atoms with Crippen LogP contribution in [0.4, 0.5) is 0 Å². The first kappa shape index (κ1) is 13.4. The van der Waals surface area contributed by atoms with Crippen LogP contribution in [0.2, 0.25) is 0 Å². The van der Waals surface area contributed by atoms with Gasteiger partial charge in [-0.15, -0.1) is 0 Å². The number of rotatable bonds is 3. The van der Waals surface area contributed by atoms with Gasteiger partial charge in [-0.3, -0.25) is 0 Å². The molecule has 106 valence electrons. The molecule has 3 rings (SSSR count). The van der Waals surface area contributed by atoms with Gasteiger partial charge in [-0.2, -0.15) is 0 Å². The van der Waals surface area contributed by atoms with Crippen molar-refractivity contribution in [2.45, 2.75) is 44.7 Å². The molecule has 2 aromatic rings. The molecular weight excluding hydrogens is 266 g/mol. The van der Waals surface area contributed by atoms with Gasteiger partial charge < -0.3 is 15.6 Å². The minimum Gasteiger partial charge on any atom is -0.361 e. The van der Waals surface area contributed by atoms with Crippen LogP contribution in [-0.4, -0.2) is 16.1 Å². The molecule has 3 nitrogen and oxygen atoms in total. The molecule has 0 radical (unpaired) electrons. The number of hydrogen-bond acceptors (Lipinski definition) is 1. The highest BCUT2D eigenvalue weighted by molar-refractivity contribution is 7.80. The largest absolute Gasteiger partial charge is 0.361 e. The fourth-order valence-corrected chi connectivity index (χ4v) is 3.18. The summed E-state index contributed by atoms with van der Waals surface area (Å²) in [6, 6.07) is 8.91. The zero-order valence-corrected chi connectivity index (χ0v) is 12.4. The topological polar surface area (TPSA) is 39.9 Å². The van der Waals surface area contributed by atoms with Gasteiger partial charge in [-0.1, -0.05) is 37.5 Å². The molecule has 0 unspecified atom stereocenters. The molecule has 1 fully saturated rings. The molecule has 0 bridgehead atoms. The molecule has 1 heterocycles. The summed E-state index contributed by atoms with van der Waals surface area (Å²) in [6.07, 6.45) is 8.56. The second-order valence-corrected chi connectivity index (χ2v) is 5.93. The summed E-state index contributed by atoms with van der Waals surface area (Å²) in [5.41, 5.74) is 2.43. The maximum Gasteiger partial charge on any atom is 0.166 e. The Hall–Kier alpha value is -1.55. The molecule has 1 aliphatic rings. The van der Waals surface area contributed by atoms with E-state index >= 15 is 0 Å². The maximum atomic E-state index is 5.40. The Morgan fingerprint density at radius 1 is 1.20 bits per heavy atom. The highest BCUT2D eigenvalue weighted by Gasteiger charge is 2.13. The Kier molecular flexibility index (Phi) is 4.21. The van der Waals surface area contributed by atoms with Gasteiger partial charge in [0.2, 0.25) is 0 Å². The normalized spacial score (nSPS) is 16.2. The van der Waals surface area contributed by atoms with Crippen LogP contribution in [-0.2, 0) is 6.54 Å². The third kappa shape index (κ3) is 3.12. The van der Waals surface area contributed by atoms with Crippen molar-refractivity contribution in [3.63, 3.8) is 0 Å². The first-order valence-corrected chi connectivity index (χ1v) is 7.83. The fourth-order valence-electron chi connectivity index (χ4n) is 2.94. The number of fused-ring (bicyclic) bond motifs is 1. The van der Waals surface area contributed by atoms with Crippen LogP contribution in [0, 0.1) is 0 Å². The lowest BCUT2D eigenvalue weighted by molar-refractivity contribution is 0.412. The fraction of sp³-hybridized carbons (Fsp3) is 0.438. The minimum absolute atomic E-state index is 0.562. The van der Waals surface area contributed by atoms with Crippen LogP contribution in [0.15, 0.2) is 30.5 Å². The average molecular weight is 287 g/mol. The van der Waals surface area contributed by atoms with Crippen molar-refractivity contribution in [1.82, 2.24) is 15.6 Å². The highest BCUT2D eigenvalue weighted by Crippen LogP contribution is 2.18. The molecule has 0 spiro atoms. The van der Waals surface area contributed by atoms with Crippen LogP contribution in [0.1, 0.15) is 37.7 Å². The molecule has 0 amide bonds. The molecular formula is C16H21N3S. The Morgan fingerprint density at radius 2 is 2.00 bits per heavy atom. The lowest BCUT2D eigenvalue weighted by atomic mass is 9.96. The van der Waals surface area contributed by atoms with Crippen molar-refractivity contribution in [2.75, 3.05) is 0 Å². The number of aromatic amines is 1. The Labute approximate surface area is 125 Å². The van der Waals surface area contributed by atoms with E-state index in [4.69, 9.17) is 12.2 Å². The molecule has 1 aliphatic carbocycles. The van der Waals surface area contributed by atoms with Crippen LogP contribution in [0.25, 0.3) is 10.9 Å². The van der Waals surface area contributed by atoms with Crippen LogP contribution in [0.3, 0.4) is 0 Å². The summed E-state index contributed by atoms with van der Waals surface area (Å²) < 4.78 is 0. The molecule has 20 heavy (non-hydrogen) atoms. The first-order chi connectivity index (χ1) is 9.83. The monoisotopic (exact) mass is 287 g/mol. The number of benzene rings is 1. The van der Waals surface area contributed by atoms with E-state index in [1.165, 1.54) is 48.6 Å². The zero-order chi connectivity index (χ0) is 13.8. The van der Waals surface area contributed by atoms with Crippen LogP contribution < -0.4 is 10.6 Å². The van der Waals surface area contributed by atoms with E-state index in [0.29, 0.717) is 6.04 Å². The number of H-pyrrole nitrogens is 1. The number of para-hydroxylation sites is 1. The maximum absolute atomic E-state index is 5.40. The summed E-state index contributed by atoms with van der Waals surface area (Å²) in [7, 11) is 0. The van der Waals surface area contributed by atoms with E-state index in [9.17, 15) is 0 Å². The first-order valence-electron chi connectivity index (χ1n) is 7.42. The molecule has 0 atom stereocenters. The summed E-state index contributed by atoms with van der Waals surface area (Å²) in [4.78, 5) is 3.29. The lowest BCUT2D eigenvalue weighted by Crippen LogP contribution is -2.42. The van der Waals surface area contributed by atoms with Crippen molar-refractivity contribution >= 4 is 28.2 Å². The van der Waals surface area contributed by atoms with E-state index in [1.54, 1.807) is 0 Å². The van der Waals surface area contributed by atoms with Crippen molar-refractivity contribution in [2.24, 2.45) is 0 Å². The van der Waals surface area contributed by atoms with Crippen LogP contribution in [0.5, 0.6) is 0 Å². The summed E-state index contributed by atoms with van der Waals surface area (Å²) in [6.45, 7) is 0.766. The van der Waals surface area contributed by atoms with E-state index in [2.05, 4.69) is 40.0 Å². The summed E-state index contributed by atoms with van der Waals surface area (Å²) in [5.74, 6) is 0. The molecule has 0 aliphatic heterocycles. The second-order valence-electron chi connectivity index (χ2n) is 5.52. The SMILES string of the molecule is S=C(NCc1c[nH]c2ccccc12)NC1CCCCC1. The van der Waals surface area contributed by atoms with Gasteiger partial charge in [0.1, 0.15) is 0 Å². The lowest BCUT2D eigenvalue weighted by Gasteiger charge is -2.24. The van der Waals surface area contributed by atoms with Crippen LogP contribution >= 0.6 is 12.2 Å². The molecule has 0 saturated heterocycles. The Morgan fingerprint density at radius 3 is 2.85 bits per heavy atom. The van der Waals surface area contributed by atoms with Gasteiger partial charge in [-0.25, -0.2) is 0 Å². The minimum atomic E-state index is 0.562. The van der Waals surface area contributed by atoms with Crippen molar-refractivity contribution in [1.29, 1.82) is 0 Å². The summed E-state index contributed by atoms with van der Waals surface area (Å²) >= 11 is 5.40. The van der Waals surface area contributed by atoms with E-state index < -0.39 is 0 Å². The predicted molar refractivity (Wildman–Crippen MR) is 87.7 cm³/mol. The van der Waals surface area contributed by atoms with Crippen molar-refractivity contribution in [3.05, 3.63) is 36.0 Å². The standard InChI is InChI=1S/C16H21N3S/c20-16(19-13-6-2-1-3-7-13)18-11-12-10-17-15-9-5-4-8-14(12)15/h4-5,8-10,13,17H,1-3,6-7,11H2,(H2,18,19,20). The molecule has 1 aromatic carbocycles. The quantitative estimate of drug-likeness (QED) is 0.757. The predicted octanol–water partition coefficient (Wildman–Crippen LogP) is 3.46. The third-order valence-electron chi connectivity index (χ3n) is 4.05. The zero-order valence-electron chi connectivity index (χ0n) is 11.6. The van der Waals surface area contributed by atoms with E-state index in [1.807, 2.05) is 6.07 Å². The van der Waals surface area contributed by atoms with Gasteiger partial charge in [0.15, 0.2) is 5.11 Å². The number of aromatic nitrogens is 1. The van der Waals surface area contributed by atoms with Crippen molar-refractivity contribution in [3.8, 4) is 0 Å². The number of hydrogen-bond donors (Lipinski definition) is 3.